The van der Waals surface area contributed by atoms with Crippen LogP contribution in [0.1, 0.15) is 41.2 Å². The number of hydrogen-bond acceptors (Lipinski definition) is 5. The highest BCUT2D eigenvalue weighted by atomic mass is 32.2. The summed E-state index contributed by atoms with van der Waals surface area (Å²) in [6.45, 7) is 1.08. The lowest BCUT2D eigenvalue weighted by atomic mass is 9.95. The molecule has 142 valence electrons. The number of amides is 2. The number of carbonyl (C=O) groups excluding carboxylic acids is 2. The van der Waals surface area contributed by atoms with Gasteiger partial charge in [0.2, 0.25) is 5.91 Å². The molecular weight excluding hydrogens is 368 g/mol. The maximum Gasteiger partial charge on any atom is 0.269 e. The van der Waals surface area contributed by atoms with Gasteiger partial charge in [0.25, 0.3) is 15.9 Å². The maximum atomic E-state index is 12.6. The van der Waals surface area contributed by atoms with Crippen LogP contribution >= 0.6 is 0 Å². The van der Waals surface area contributed by atoms with Gasteiger partial charge in [-0.2, -0.15) is 5.10 Å². The molecule has 0 bridgehead atoms. The molecular formula is C18H20N4O4S. The number of carbonyl (C=O) groups is 2. The predicted molar refractivity (Wildman–Crippen MR) is 96.4 cm³/mol. The summed E-state index contributed by atoms with van der Waals surface area (Å²) in [5.41, 5.74) is 1.17. The van der Waals surface area contributed by atoms with Gasteiger partial charge in [0.05, 0.1) is 5.56 Å². The molecule has 9 heteroatoms. The second-order valence-corrected chi connectivity index (χ2v) is 8.65. The number of sulfonamides is 1. The number of piperidine rings is 1. The van der Waals surface area contributed by atoms with E-state index in [9.17, 15) is 18.0 Å². The van der Waals surface area contributed by atoms with Crippen molar-refractivity contribution in [3.63, 3.8) is 0 Å². The average molecular weight is 388 g/mol. The predicted octanol–water partition coefficient (Wildman–Crippen LogP) is 1.35. The van der Waals surface area contributed by atoms with Gasteiger partial charge in [0.1, 0.15) is 4.90 Å². The normalized spacial score (nSPS) is 21.3. The highest BCUT2D eigenvalue weighted by molar-refractivity contribution is 7.90. The van der Waals surface area contributed by atoms with Crippen LogP contribution in [0.3, 0.4) is 0 Å². The molecule has 1 fully saturated rings. The molecule has 0 spiro atoms. The highest BCUT2D eigenvalue weighted by Gasteiger charge is 2.41. The standard InChI is InChI=1S/C18H20N4O4S/c23-17(21-10-3-4-13(12-21)15-7-9-19-20-15)8-11-22-18(24)14-5-1-2-6-16(14)27(22,25)26/h1-2,5-7,9,13H,3-4,8,10-12H2,(H,19,20)/t13-/m1/s1. The number of nitrogens with one attached hydrogen (secondary N) is 1. The Kier molecular flexibility index (Phi) is 4.47. The zero-order valence-electron chi connectivity index (χ0n) is 14.7. The fraction of sp³-hybridized carbons (Fsp3) is 0.389. The Morgan fingerprint density at radius 2 is 2.07 bits per heavy atom. The molecule has 2 aliphatic heterocycles. The van der Waals surface area contributed by atoms with Gasteiger partial charge in [-0.15, -0.1) is 0 Å². The van der Waals surface area contributed by atoms with E-state index < -0.39 is 15.9 Å². The van der Waals surface area contributed by atoms with Crippen LogP contribution in [0.4, 0.5) is 0 Å². The number of fused-ring (bicyclic) bond motifs is 1. The lowest BCUT2D eigenvalue weighted by molar-refractivity contribution is -0.132. The van der Waals surface area contributed by atoms with Crippen LogP contribution in [-0.4, -0.2) is 59.3 Å². The van der Waals surface area contributed by atoms with Gasteiger partial charge >= 0.3 is 0 Å². The van der Waals surface area contributed by atoms with Gasteiger partial charge < -0.3 is 4.90 Å². The van der Waals surface area contributed by atoms with E-state index in [0.717, 1.165) is 22.8 Å². The minimum Gasteiger partial charge on any atom is -0.342 e. The summed E-state index contributed by atoms with van der Waals surface area (Å²) in [5, 5.41) is 6.91. The molecule has 1 aromatic heterocycles. The van der Waals surface area contributed by atoms with Crippen molar-refractivity contribution in [3.8, 4) is 0 Å². The first-order chi connectivity index (χ1) is 13.0. The lowest BCUT2D eigenvalue weighted by Crippen LogP contribution is -2.41. The van der Waals surface area contributed by atoms with Crippen LogP contribution < -0.4 is 0 Å². The molecule has 8 nitrogen and oxygen atoms in total. The maximum absolute atomic E-state index is 12.6. The Morgan fingerprint density at radius 1 is 1.26 bits per heavy atom. The van der Waals surface area contributed by atoms with Gasteiger partial charge in [-0.05, 0) is 31.0 Å². The van der Waals surface area contributed by atoms with Crippen molar-refractivity contribution >= 4 is 21.8 Å². The number of hydrogen-bond donors (Lipinski definition) is 1. The summed E-state index contributed by atoms with van der Waals surface area (Å²) >= 11 is 0. The minimum absolute atomic E-state index is 0.0136. The fourth-order valence-corrected chi connectivity index (χ4v) is 5.33. The molecule has 2 amide bonds. The molecule has 0 radical (unpaired) electrons. The number of rotatable bonds is 4. The molecule has 0 saturated carbocycles. The van der Waals surface area contributed by atoms with Crippen molar-refractivity contribution in [2.75, 3.05) is 19.6 Å². The third-order valence-corrected chi connectivity index (χ3v) is 7.02. The Bertz CT molecular complexity index is 971. The third-order valence-electron chi connectivity index (χ3n) is 5.18. The molecule has 0 aliphatic carbocycles. The Balaban J connectivity index is 1.42. The third kappa shape index (κ3) is 3.12. The monoisotopic (exact) mass is 388 g/mol. The van der Waals surface area contributed by atoms with E-state index in [1.807, 2.05) is 6.07 Å². The SMILES string of the molecule is O=C(CCN1C(=O)c2ccccc2S1(=O)=O)N1CCC[C@@H](c2ccn[nH]2)C1. The average Bonchev–Trinajstić information content (AvgIpc) is 3.28. The van der Waals surface area contributed by atoms with Crippen molar-refractivity contribution in [2.45, 2.75) is 30.1 Å². The number of benzene rings is 1. The summed E-state index contributed by atoms with van der Waals surface area (Å²) in [6, 6.07) is 8.04. The number of nitrogens with zero attached hydrogens (tertiary/aromatic N) is 3. The van der Waals surface area contributed by atoms with E-state index in [0.29, 0.717) is 13.1 Å². The second-order valence-electron chi connectivity index (χ2n) is 6.82. The van der Waals surface area contributed by atoms with Gasteiger partial charge in [-0.25, -0.2) is 12.7 Å². The summed E-state index contributed by atoms with van der Waals surface area (Å²) < 4.78 is 25.9. The largest absolute Gasteiger partial charge is 0.342 e. The van der Waals surface area contributed by atoms with E-state index in [2.05, 4.69) is 10.2 Å². The van der Waals surface area contributed by atoms with E-state index >= 15 is 0 Å². The van der Waals surface area contributed by atoms with Crippen LogP contribution in [0, 0.1) is 0 Å². The summed E-state index contributed by atoms with van der Waals surface area (Å²) in [6.07, 6.45) is 3.52. The summed E-state index contributed by atoms with van der Waals surface area (Å²) in [5.74, 6) is -0.503. The van der Waals surface area contributed by atoms with Crippen LogP contribution in [0.25, 0.3) is 0 Å². The van der Waals surface area contributed by atoms with Gasteiger partial charge in [0.15, 0.2) is 0 Å². The first-order valence-electron chi connectivity index (χ1n) is 8.91. The topological polar surface area (TPSA) is 103 Å². The van der Waals surface area contributed by atoms with Crippen molar-refractivity contribution in [1.29, 1.82) is 0 Å². The van der Waals surface area contributed by atoms with Crippen LogP contribution in [0.2, 0.25) is 0 Å². The van der Waals surface area contributed by atoms with E-state index in [1.165, 1.54) is 12.1 Å². The van der Waals surface area contributed by atoms with Gasteiger partial charge in [-0.3, -0.25) is 14.7 Å². The number of likely N-dealkylation sites (tertiary alicyclic amines) is 1. The van der Waals surface area contributed by atoms with E-state index in [4.69, 9.17) is 0 Å². The lowest BCUT2D eigenvalue weighted by Gasteiger charge is -2.32. The molecule has 1 N–H and O–H groups in total. The fourth-order valence-electron chi connectivity index (χ4n) is 3.76. The molecule has 1 atom stereocenters. The zero-order valence-corrected chi connectivity index (χ0v) is 15.5. The van der Waals surface area contributed by atoms with E-state index in [1.54, 1.807) is 23.2 Å². The highest BCUT2D eigenvalue weighted by Crippen LogP contribution is 2.30. The Labute approximate surface area is 157 Å². The molecule has 2 aliphatic rings. The first kappa shape index (κ1) is 17.7. The Morgan fingerprint density at radius 3 is 2.81 bits per heavy atom. The number of aromatic amines is 1. The molecule has 1 saturated heterocycles. The van der Waals surface area contributed by atoms with Crippen molar-refractivity contribution in [2.24, 2.45) is 0 Å². The van der Waals surface area contributed by atoms with Crippen molar-refractivity contribution in [3.05, 3.63) is 47.8 Å². The van der Waals surface area contributed by atoms with Crippen LogP contribution in [0.15, 0.2) is 41.4 Å². The smallest absolute Gasteiger partial charge is 0.269 e. The first-order valence-corrected chi connectivity index (χ1v) is 10.4. The van der Waals surface area contributed by atoms with Crippen molar-refractivity contribution < 1.29 is 18.0 Å². The Hall–Kier alpha value is -2.68. The van der Waals surface area contributed by atoms with Gasteiger partial charge in [-0.1, -0.05) is 12.1 Å². The number of H-pyrrole nitrogens is 1. The summed E-state index contributed by atoms with van der Waals surface area (Å²) in [7, 11) is -3.87. The molecule has 2 aromatic rings. The van der Waals surface area contributed by atoms with Crippen LogP contribution in [0.5, 0.6) is 0 Å². The molecule has 27 heavy (non-hydrogen) atoms. The minimum atomic E-state index is -3.87. The zero-order chi connectivity index (χ0) is 19.0. The molecule has 4 rings (SSSR count). The quantitative estimate of drug-likeness (QED) is 0.852. The number of aromatic nitrogens is 2. The van der Waals surface area contributed by atoms with Crippen molar-refractivity contribution in [1.82, 2.24) is 19.4 Å². The second kappa shape index (κ2) is 6.80. The summed E-state index contributed by atoms with van der Waals surface area (Å²) in [4.78, 5) is 26.8. The van der Waals surface area contributed by atoms with Gasteiger partial charge in [0, 0.05) is 43.9 Å². The van der Waals surface area contributed by atoms with E-state index in [-0.39, 0.29) is 35.2 Å². The molecule has 0 unspecified atom stereocenters. The molecule has 1 aromatic carbocycles. The molecule has 3 heterocycles. The van der Waals surface area contributed by atoms with Crippen LogP contribution in [-0.2, 0) is 14.8 Å².